The van der Waals surface area contributed by atoms with Gasteiger partial charge in [-0.2, -0.15) is 0 Å². The van der Waals surface area contributed by atoms with E-state index < -0.39 is 6.10 Å². The quantitative estimate of drug-likeness (QED) is 0.506. The molecule has 2 N–H and O–H groups in total. The number of hydrogen-bond donors (Lipinski definition) is 2. The predicted molar refractivity (Wildman–Crippen MR) is 142 cm³/mol. The summed E-state index contributed by atoms with van der Waals surface area (Å²) in [5.74, 6) is 1.11. The summed E-state index contributed by atoms with van der Waals surface area (Å²) in [6.07, 6.45) is 2.33. The van der Waals surface area contributed by atoms with E-state index in [9.17, 15) is 9.90 Å². The van der Waals surface area contributed by atoms with Gasteiger partial charge in [0.2, 0.25) is 5.95 Å². The number of ether oxygens (including phenoxy) is 2. The number of hydrogen-bond acceptors (Lipinski definition) is 8. The Kier molecular flexibility index (Phi) is 7.82. The number of carbonyl (C=O) groups excluding carboxylic acids is 1. The van der Waals surface area contributed by atoms with Crippen LogP contribution in [0.15, 0.2) is 60.8 Å². The zero-order valence-corrected chi connectivity index (χ0v) is 21.0. The summed E-state index contributed by atoms with van der Waals surface area (Å²) in [5.41, 5.74) is 3.90. The number of piperidine rings is 1. The molecule has 0 bridgehead atoms. The monoisotopic (exact) mass is 503 g/mol. The Morgan fingerprint density at radius 2 is 1.73 bits per heavy atom. The summed E-state index contributed by atoms with van der Waals surface area (Å²) < 4.78 is 11.6. The lowest BCUT2D eigenvalue weighted by molar-refractivity contribution is -0.141. The van der Waals surface area contributed by atoms with Gasteiger partial charge in [0.1, 0.15) is 18.0 Å². The molecular weight excluding hydrogens is 470 g/mol. The van der Waals surface area contributed by atoms with E-state index in [0.717, 1.165) is 61.8 Å². The fourth-order valence-electron chi connectivity index (χ4n) is 4.64. The zero-order valence-electron chi connectivity index (χ0n) is 21.0. The Labute approximate surface area is 217 Å². The molecule has 2 aromatic carbocycles. The second kappa shape index (κ2) is 11.6. The van der Waals surface area contributed by atoms with Crippen LogP contribution in [0.3, 0.4) is 0 Å². The first kappa shape index (κ1) is 25.0. The minimum Gasteiger partial charge on any atom is -0.490 e. The van der Waals surface area contributed by atoms with E-state index in [1.165, 1.54) is 12.6 Å². The number of likely N-dealkylation sites (tertiary alicyclic amines) is 1. The van der Waals surface area contributed by atoms with Gasteiger partial charge in [-0.1, -0.05) is 0 Å². The normalized spacial score (nSPS) is 17.4. The molecule has 37 heavy (non-hydrogen) atoms. The SMILES string of the molecule is C[C@H](O)C(=O)N1CCC(Oc2ccc(-c3ccnc(Nc4ccc(N5CCOCC5)cc4)n3)cc2)CC1. The minimum absolute atomic E-state index is 0.0494. The number of carbonyl (C=O) groups is 1. The summed E-state index contributed by atoms with van der Waals surface area (Å²) in [6, 6.07) is 18.0. The van der Waals surface area contributed by atoms with E-state index in [1.54, 1.807) is 11.1 Å². The second-order valence-corrected chi connectivity index (χ2v) is 9.38. The smallest absolute Gasteiger partial charge is 0.251 e. The van der Waals surface area contributed by atoms with Crippen molar-refractivity contribution in [3.05, 3.63) is 60.8 Å². The number of aliphatic hydroxyl groups excluding tert-OH is 1. The zero-order chi connectivity index (χ0) is 25.6. The van der Waals surface area contributed by atoms with E-state index in [0.29, 0.717) is 19.0 Å². The van der Waals surface area contributed by atoms with Gasteiger partial charge in [0.15, 0.2) is 0 Å². The molecule has 5 rings (SSSR count). The molecule has 2 aliphatic heterocycles. The second-order valence-electron chi connectivity index (χ2n) is 9.38. The van der Waals surface area contributed by atoms with Gasteiger partial charge in [0, 0.05) is 62.2 Å². The van der Waals surface area contributed by atoms with Crippen LogP contribution in [0.4, 0.5) is 17.3 Å². The maximum absolute atomic E-state index is 11.9. The summed E-state index contributed by atoms with van der Waals surface area (Å²) in [7, 11) is 0. The van der Waals surface area contributed by atoms with Crippen LogP contribution < -0.4 is 15.0 Å². The topological polar surface area (TPSA) is 100 Å². The van der Waals surface area contributed by atoms with Crippen molar-refractivity contribution in [2.45, 2.75) is 32.0 Å². The third-order valence-corrected chi connectivity index (χ3v) is 6.72. The molecular formula is C28H33N5O4. The van der Waals surface area contributed by atoms with Crippen LogP contribution in [0.5, 0.6) is 5.75 Å². The van der Waals surface area contributed by atoms with E-state index >= 15 is 0 Å². The third kappa shape index (κ3) is 6.36. The fraction of sp³-hybridized carbons (Fsp3) is 0.393. The van der Waals surface area contributed by atoms with Crippen LogP contribution in [-0.4, -0.2) is 77.5 Å². The average molecular weight is 504 g/mol. The largest absolute Gasteiger partial charge is 0.490 e. The molecule has 9 nitrogen and oxygen atoms in total. The highest BCUT2D eigenvalue weighted by atomic mass is 16.5. The molecule has 2 aliphatic rings. The van der Waals surface area contributed by atoms with Crippen LogP contribution in [-0.2, 0) is 9.53 Å². The van der Waals surface area contributed by atoms with Gasteiger partial charge < -0.3 is 29.7 Å². The van der Waals surface area contributed by atoms with Gasteiger partial charge >= 0.3 is 0 Å². The summed E-state index contributed by atoms with van der Waals surface area (Å²) in [4.78, 5) is 25.0. The van der Waals surface area contributed by atoms with Crippen molar-refractivity contribution in [3.63, 3.8) is 0 Å². The van der Waals surface area contributed by atoms with Gasteiger partial charge in [0.05, 0.1) is 18.9 Å². The van der Waals surface area contributed by atoms with E-state index in [-0.39, 0.29) is 12.0 Å². The first-order valence-electron chi connectivity index (χ1n) is 12.8. The van der Waals surface area contributed by atoms with Crippen molar-refractivity contribution in [2.24, 2.45) is 0 Å². The number of aliphatic hydroxyl groups is 1. The Morgan fingerprint density at radius 3 is 2.41 bits per heavy atom. The average Bonchev–Trinajstić information content (AvgIpc) is 2.94. The fourth-order valence-corrected chi connectivity index (χ4v) is 4.64. The molecule has 3 heterocycles. The molecule has 0 radical (unpaired) electrons. The maximum atomic E-state index is 11.9. The molecule has 0 saturated carbocycles. The predicted octanol–water partition coefficient (Wildman–Crippen LogP) is 3.47. The van der Waals surface area contributed by atoms with Crippen LogP contribution >= 0.6 is 0 Å². The number of nitrogens with one attached hydrogen (secondary N) is 1. The number of amides is 1. The number of benzene rings is 2. The summed E-state index contributed by atoms with van der Waals surface area (Å²) in [6.45, 7) is 6.05. The van der Waals surface area contributed by atoms with E-state index in [1.807, 2.05) is 42.5 Å². The molecule has 0 spiro atoms. The van der Waals surface area contributed by atoms with Gasteiger partial charge in [-0.3, -0.25) is 4.79 Å². The van der Waals surface area contributed by atoms with Crippen molar-refractivity contribution in [2.75, 3.05) is 49.6 Å². The van der Waals surface area contributed by atoms with Crippen LogP contribution in [0.2, 0.25) is 0 Å². The molecule has 3 aromatic rings. The van der Waals surface area contributed by atoms with Crippen LogP contribution in [0.25, 0.3) is 11.3 Å². The standard InChI is InChI=1S/C28H33N5O4/c1-20(34)27(35)33-14-11-25(12-15-33)37-24-8-2-21(3-9-24)26-10-13-29-28(31-26)30-22-4-6-23(7-5-22)32-16-18-36-19-17-32/h2-10,13,20,25,34H,11-12,14-19H2,1H3,(H,29,30,31)/t20-/m0/s1. The van der Waals surface area contributed by atoms with Gasteiger partial charge in [0.25, 0.3) is 5.91 Å². The lowest BCUT2D eigenvalue weighted by Crippen LogP contribution is -2.45. The Morgan fingerprint density at radius 1 is 1.03 bits per heavy atom. The van der Waals surface area contributed by atoms with Gasteiger partial charge in [-0.15, -0.1) is 0 Å². The van der Waals surface area contributed by atoms with Crippen molar-refractivity contribution in [3.8, 4) is 17.0 Å². The lowest BCUT2D eigenvalue weighted by atomic mass is 10.1. The number of rotatable bonds is 7. The summed E-state index contributed by atoms with van der Waals surface area (Å²) >= 11 is 0. The summed E-state index contributed by atoms with van der Waals surface area (Å²) in [5, 5.41) is 12.8. The highest BCUT2D eigenvalue weighted by Gasteiger charge is 2.26. The van der Waals surface area contributed by atoms with Crippen molar-refractivity contribution < 1.29 is 19.4 Å². The van der Waals surface area contributed by atoms with Gasteiger partial charge in [-0.25, -0.2) is 9.97 Å². The first-order chi connectivity index (χ1) is 18.0. The molecule has 0 unspecified atom stereocenters. The number of nitrogens with zero attached hydrogens (tertiary/aromatic N) is 4. The van der Waals surface area contributed by atoms with Crippen molar-refractivity contribution in [1.82, 2.24) is 14.9 Å². The maximum Gasteiger partial charge on any atom is 0.251 e. The molecule has 0 aliphatic carbocycles. The van der Waals surface area contributed by atoms with Crippen molar-refractivity contribution >= 4 is 23.2 Å². The lowest BCUT2D eigenvalue weighted by Gasteiger charge is -2.32. The third-order valence-electron chi connectivity index (χ3n) is 6.72. The molecule has 1 aromatic heterocycles. The van der Waals surface area contributed by atoms with Crippen LogP contribution in [0.1, 0.15) is 19.8 Å². The van der Waals surface area contributed by atoms with Crippen LogP contribution in [0, 0.1) is 0 Å². The highest BCUT2D eigenvalue weighted by Crippen LogP contribution is 2.25. The number of morpholine rings is 1. The molecule has 1 amide bonds. The van der Waals surface area contributed by atoms with E-state index in [2.05, 4.69) is 32.3 Å². The molecule has 2 fully saturated rings. The highest BCUT2D eigenvalue weighted by molar-refractivity contribution is 5.80. The van der Waals surface area contributed by atoms with Crippen molar-refractivity contribution in [1.29, 1.82) is 0 Å². The number of aromatic nitrogens is 2. The molecule has 9 heteroatoms. The van der Waals surface area contributed by atoms with Gasteiger partial charge in [-0.05, 0) is 61.5 Å². The molecule has 194 valence electrons. The Bertz CT molecular complexity index is 1170. The molecule has 2 saturated heterocycles. The number of anilines is 3. The minimum atomic E-state index is -0.955. The first-order valence-corrected chi connectivity index (χ1v) is 12.8. The van der Waals surface area contributed by atoms with E-state index in [4.69, 9.17) is 9.47 Å². The molecule has 1 atom stereocenters. The Balaban J connectivity index is 1.17. The Hall–Kier alpha value is -3.69.